The van der Waals surface area contributed by atoms with Crippen molar-refractivity contribution < 1.29 is 24.5 Å². The van der Waals surface area contributed by atoms with Gasteiger partial charge in [0.05, 0.1) is 25.4 Å². The lowest BCUT2D eigenvalue weighted by Crippen LogP contribution is -2.45. The normalized spacial score (nSPS) is 12.6. The molecule has 0 aromatic rings. The summed E-state index contributed by atoms with van der Waals surface area (Å²) in [6.07, 6.45) is 69.7. The van der Waals surface area contributed by atoms with E-state index in [1.165, 1.54) is 283 Å². The summed E-state index contributed by atoms with van der Waals surface area (Å²) >= 11 is 0. The van der Waals surface area contributed by atoms with E-state index in [0.717, 1.165) is 38.5 Å². The Bertz CT molecular complexity index is 1020. The molecule has 68 heavy (non-hydrogen) atoms. The van der Waals surface area contributed by atoms with Crippen LogP contribution in [0.15, 0.2) is 12.2 Å². The van der Waals surface area contributed by atoms with Crippen molar-refractivity contribution in [3.63, 3.8) is 0 Å². The van der Waals surface area contributed by atoms with Crippen molar-refractivity contribution in [3.05, 3.63) is 12.2 Å². The minimum Gasteiger partial charge on any atom is -0.466 e. The summed E-state index contributed by atoms with van der Waals surface area (Å²) in [5.74, 6) is -0.0469. The van der Waals surface area contributed by atoms with Gasteiger partial charge in [0.2, 0.25) is 5.91 Å². The van der Waals surface area contributed by atoms with Crippen molar-refractivity contribution in [2.75, 3.05) is 13.2 Å². The molecule has 2 atom stereocenters. The Kier molecular flexibility index (Phi) is 57.0. The lowest BCUT2D eigenvalue weighted by atomic mass is 10.0. The van der Waals surface area contributed by atoms with Gasteiger partial charge in [-0.2, -0.15) is 0 Å². The number of esters is 1. The summed E-state index contributed by atoms with van der Waals surface area (Å²) < 4.78 is 5.48. The number of hydrogen-bond acceptors (Lipinski definition) is 5. The molecule has 0 spiro atoms. The van der Waals surface area contributed by atoms with Crippen LogP contribution in [0.5, 0.6) is 0 Å². The van der Waals surface area contributed by atoms with E-state index in [0.29, 0.717) is 19.4 Å². The second kappa shape index (κ2) is 58.2. The minimum atomic E-state index is -0.841. The molecule has 0 radical (unpaired) electrons. The van der Waals surface area contributed by atoms with Crippen LogP contribution in [0.4, 0.5) is 0 Å². The Labute approximate surface area is 425 Å². The standard InChI is InChI=1S/C62H121NO5/c1-3-5-7-9-11-13-15-30-34-38-42-46-50-54-60(65)59(58-64)63-61(66)55-51-47-43-39-35-32-28-26-24-22-20-18-17-19-21-23-25-27-29-33-37-41-45-49-53-57-68-62(67)56-52-48-44-40-36-31-16-14-12-10-8-6-4-2/h50,54,59-60,64-65H,3-49,51-53,55-58H2,1-2H3,(H,63,66)/b54-50+. The molecule has 0 heterocycles. The van der Waals surface area contributed by atoms with E-state index in [2.05, 4.69) is 19.2 Å². The lowest BCUT2D eigenvalue weighted by molar-refractivity contribution is -0.143. The third kappa shape index (κ3) is 53.9. The van der Waals surface area contributed by atoms with Gasteiger partial charge in [0.25, 0.3) is 0 Å². The lowest BCUT2D eigenvalue weighted by Gasteiger charge is -2.20. The van der Waals surface area contributed by atoms with Crippen LogP contribution >= 0.6 is 0 Å². The molecule has 0 aromatic carbocycles. The van der Waals surface area contributed by atoms with Crippen molar-refractivity contribution in [2.24, 2.45) is 0 Å². The average Bonchev–Trinajstić information content (AvgIpc) is 3.34. The van der Waals surface area contributed by atoms with Gasteiger partial charge in [-0.1, -0.05) is 315 Å². The fourth-order valence-electron chi connectivity index (χ4n) is 9.81. The summed E-state index contributed by atoms with van der Waals surface area (Å²) in [6.45, 7) is 4.92. The SMILES string of the molecule is CCCCCCCCCCCCC/C=C/C(O)C(CO)NC(=O)CCCCCCCCCCCCCCCCCCCCCCCCCCCOC(=O)CCCCCCCCCCCCCCC. The highest BCUT2D eigenvalue weighted by atomic mass is 16.5. The van der Waals surface area contributed by atoms with Crippen LogP contribution in [0.3, 0.4) is 0 Å². The number of carbonyl (C=O) groups is 2. The molecule has 3 N–H and O–H groups in total. The average molecular weight is 961 g/mol. The van der Waals surface area contributed by atoms with Crippen LogP contribution < -0.4 is 5.32 Å². The van der Waals surface area contributed by atoms with E-state index in [4.69, 9.17) is 4.74 Å². The number of amides is 1. The molecular weight excluding hydrogens is 839 g/mol. The number of unbranched alkanes of at least 4 members (excludes halogenated alkanes) is 47. The Morgan fingerprint density at radius 1 is 0.397 bits per heavy atom. The highest BCUT2D eigenvalue weighted by Gasteiger charge is 2.18. The number of aliphatic hydroxyl groups is 2. The number of ether oxygens (including phenoxy) is 1. The maximum atomic E-state index is 12.4. The molecule has 0 rings (SSSR count). The van der Waals surface area contributed by atoms with E-state index in [9.17, 15) is 19.8 Å². The number of hydrogen-bond donors (Lipinski definition) is 3. The van der Waals surface area contributed by atoms with Gasteiger partial charge in [-0.3, -0.25) is 9.59 Å². The molecule has 0 aliphatic rings. The fraction of sp³-hybridized carbons (Fsp3) is 0.935. The van der Waals surface area contributed by atoms with Gasteiger partial charge in [-0.05, 0) is 32.1 Å². The molecule has 0 bridgehead atoms. The molecule has 0 aliphatic carbocycles. The summed E-state index contributed by atoms with van der Waals surface area (Å²) in [5.41, 5.74) is 0. The summed E-state index contributed by atoms with van der Waals surface area (Å²) in [7, 11) is 0. The monoisotopic (exact) mass is 960 g/mol. The van der Waals surface area contributed by atoms with E-state index in [1.54, 1.807) is 6.08 Å². The second-order valence-electron chi connectivity index (χ2n) is 21.4. The molecule has 0 aliphatic heterocycles. The Hall–Kier alpha value is -1.40. The Balaban J connectivity index is 3.36. The highest BCUT2D eigenvalue weighted by molar-refractivity contribution is 5.76. The zero-order valence-electron chi connectivity index (χ0n) is 46.1. The Morgan fingerprint density at radius 3 is 1.00 bits per heavy atom. The molecule has 2 unspecified atom stereocenters. The number of aliphatic hydroxyl groups excluding tert-OH is 2. The molecule has 0 fully saturated rings. The first-order valence-corrected chi connectivity index (χ1v) is 31.0. The van der Waals surface area contributed by atoms with Crippen LogP contribution in [-0.2, 0) is 14.3 Å². The van der Waals surface area contributed by atoms with Crippen LogP contribution in [0, 0.1) is 0 Å². The smallest absolute Gasteiger partial charge is 0.305 e. The fourth-order valence-corrected chi connectivity index (χ4v) is 9.81. The van der Waals surface area contributed by atoms with E-state index in [1.807, 2.05) is 6.08 Å². The molecule has 1 amide bonds. The zero-order valence-corrected chi connectivity index (χ0v) is 46.1. The van der Waals surface area contributed by atoms with Crippen molar-refractivity contribution in [3.8, 4) is 0 Å². The van der Waals surface area contributed by atoms with Gasteiger partial charge in [0.15, 0.2) is 0 Å². The minimum absolute atomic E-state index is 0.0180. The largest absolute Gasteiger partial charge is 0.466 e. The first-order valence-electron chi connectivity index (χ1n) is 31.0. The number of allylic oxidation sites excluding steroid dienone is 1. The molecule has 0 aromatic heterocycles. The molecule has 0 saturated carbocycles. The second-order valence-corrected chi connectivity index (χ2v) is 21.4. The zero-order chi connectivity index (χ0) is 49.3. The maximum Gasteiger partial charge on any atom is 0.305 e. The molecule has 0 saturated heterocycles. The Morgan fingerprint density at radius 2 is 0.676 bits per heavy atom. The number of rotatable bonds is 58. The summed E-state index contributed by atoms with van der Waals surface area (Å²) in [5, 5.41) is 23.1. The predicted molar refractivity (Wildman–Crippen MR) is 297 cm³/mol. The molecule has 6 heteroatoms. The molecule has 404 valence electrons. The van der Waals surface area contributed by atoms with Gasteiger partial charge < -0.3 is 20.3 Å². The van der Waals surface area contributed by atoms with Gasteiger partial charge in [0.1, 0.15) is 0 Å². The van der Waals surface area contributed by atoms with Gasteiger partial charge in [-0.25, -0.2) is 0 Å². The predicted octanol–water partition coefficient (Wildman–Crippen LogP) is 19.2. The first-order chi connectivity index (χ1) is 33.5. The van der Waals surface area contributed by atoms with E-state index < -0.39 is 12.1 Å². The number of carbonyl (C=O) groups excluding carboxylic acids is 2. The van der Waals surface area contributed by atoms with Gasteiger partial charge in [0, 0.05) is 12.8 Å². The topological polar surface area (TPSA) is 95.9 Å². The van der Waals surface area contributed by atoms with Crippen molar-refractivity contribution >= 4 is 11.9 Å². The van der Waals surface area contributed by atoms with Crippen LogP contribution in [0.25, 0.3) is 0 Å². The summed E-state index contributed by atoms with van der Waals surface area (Å²) in [6, 6.07) is -0.625. The van der Waals surface area contributed by atoms with Crippen molar-refractivity contribution in [1.29, 1.82) is 0 Å². The molecule has 6 nitrogen and oxygen atoms in total. The van der Waals surface area contributed by atoms with E-state index in [-0.39, 0.29) is 18.5 Å². The van der Waals surface area contributed by atoms with Crippen molar-refractivity contribution in [2.45, 2.75) is 360 Å². The molecular formula is C62H121NO5. The van der Waals surface area contributed by atoms with Crippen molar-refractivity contribution in [1.82, 2.24) is 5.32 Å². The maximum absolute atomic E-state index is 12.4. The van der Waals surface area contributed by atoms with Gasteiger partial charge >= 0.3 is 5.97 Å². The van der Waals surface area contributed by atoms with Crippen LogP contribution in [0.2, 0.25) is 0 Å². The van der Waals surface area contributed by atoms with Gasteiger partial charge in [-0.15, -0.1) is 0 Å². The van der Waals surface area contributed by atoms with Crippen LogP contribution in [0.1, 0.15) is 348 Å². The highest BCUT2D eigenvalue weighted by Crippen LogP contribution is 2.18. The third-order valence-corrected chi connectivity index (χ3v) is 14.6. The first kappa shape index (κ1) is 66.6. The number of nitrogens with one attached hydrogen (secondary N) is 1. The van der Waals surface area contributed by atoms with Crippen LogP contribution in [-0.4, -0.2) is 47.4 Å². The van der Waals surface area contributed by atoms with E-state index >= 15 is 0 Å². The summed E-state index contributed by atoms with van der Waals surface area (Å²) in [4.78, 5) is 24.5. The quantitative estimate of drug-likeness (QED) is 0.0321. The third-order valence-electron chi connectivity index (χ3n) is 14.6.